The van der Waals surface area contributed by atoms with Crippen LogP contribution in [0.4, 0.5) is 4.39 Å². The van der Waals surface area contributed by atoms with Gasteiger partial charge in [-0.3, -0.25) is 0 Å². The summed E-state index contributed by atoms with van der Waals surface area (Å²) in [7, 11) is 0. The summed E-state index contributed by atoms with van der Waals surface area (Å²) in [5.41, 5.74) is 1.56. The van der Waals surface area contributed by atoms with Crippen LogP contribution in [-0.2, 0) is 0 Å². The average molecular weight is 275 g/mol. The van der Waals surface area contributed by atoms with E-state index in [1.165, 1.54) is 29.5 Å². The van der Waals surface area contributed by atoms with Crippen molar-refractivity contribution in [2.75, 3.05) is 0 Å². The van der Waals surface area contributed by atoms with Crippen molar-refractivity contribution in [2.45, 2.75) is 0 Å². The van der Waals surface area contributed by atoms with Crippen molar-refractivity contribution in [3.63, 3.8) is 0 Å². The Bertz CT molecular complexity index is 435. The maximum Gasteiger partial charge on any atom is 0.299 e. The topological polar surface area (TPSA) is 35.0 Å². The van der Waals surface area contributed by atoms with Crippen molar-refractivity contribution in [1.29, 1.82) is 0 Å². The molecule has 0 fully saturated rings. The van der Waals surface area contributed by atoms with E-state index in [0.29, 0.717) is 15.4 Å². The summed E-state index contributed by atoms with van der Waals surface area (Å²) in [6.07, 6.45) is 0. The number of hydrogen-bond donors (Lipinski definition) is 0. The highest BCUT2D eigenvalue weighted by atomic mass is 79.9. The molecule has 0 atom stereocenters. The Kier molecular flexibility index (Phi) is 2.74. The zero-order chi connectivity index (χ0) is 9.97. The summed E-state index contributed by atoms with van der Waals surface area (Å²) in [6.45, 7) is 0. The van der Waals surface area contributed by atoms with E-state index in [4.69, 9.17) is 4.74 Å². The predicted molar refractivity (Wildman–Crippen MR) is 54.1 cm³/mol. The maximum atomic E-state index is 12.8. The number of benzene rings is 1. The quantitative estimate of drug-likeness (QED) is 0.844. The molecule has 1 aromatic heterocycles. The lowest BCUT2D eigenvalue weighted by Gasteiger charge is -2.01. The molecule has 72 valence electrons. The van der Waals surface area contributed by atoms with Gasteiger partial charge in [-0.05, 0) is 34.1 Å². The van der Waals surface area contributed by atoms with E-state index >= 15 is 0 Å². The van der Waals surface area contributed by atoms with Crippen LogP contribution in [-0.4, -0.2) is 10.2 Å². The molecular formula is C8H4BrFN2OS. The van der Waals surface area contributed by atoms with Gasteiger partial charge >= 0.3 is 0 Å². The smallest absolute Gasteiger partial charge is 0.299 e. The third-order valence-corrected chi connectivity index (χ3v) is 2.61. The highest BCUT2D eigenvalue weighted by Crippen LogP contribution is 2.26. The van der Waals surface area contributed by atoms with Crippen molar-refractivity contribution in [2.24, 2.45) is 0 Å². The molecule has 2 rings (SSSR count). The highest BCUT2D eigenvalue weighted by molar-refractivity contribution is 9.10. The zero-order valence-electron chi connectivity index (χ0n) is 6.78. The molecule has 3 nitrogen and oxygen atoms in total. The molecule has 0 aliphatic rings. The van der Waals surface area contributed by atoms with E-state index in [1.54, 1.807) is 5.51 Å². The molecule has 0 bridgehead atoms. The van der Waals surface area contributed by atoms with Gasteiger partial charge in [0.2, 0.25) is 0 Å². The van der Waals surface area contributed by atoms with Crippen LogP contribution in [0, 0.1) is 5.82 Å². The van der Waals surface area contributed by atoms with Crippen LogP contribution >= 0.6 is 27.3 Å². The van der Waals surface area contributed by atoms with Gasteiger partial charge in [0.1, 0.15) is 17.1 Å². The standard InChI is InChI=1S/C8H4BrFN2OS/c9-6-3-5(1-2-7(6)10)13-8-12-11-4-14-8/h1-4H. The van der Waals surface area contributed by atoms with E-state index in [9.17, 15) is 4.39 Å². The fourth-order valence-corrected chi connectivity index (χ4v) is 1.63. The van der Waals surface area contributed by atoms with E-state index < -0.39 is 0 Å². The molecule has 0 unspecified atom stereocenters. The summed E-state index contributed by atoms with van der Waals surface area (Å²) >= 11 is 4.34. The normalized spacial score (nSPS) is 10.1. The van der Waals surface area contributed by atoms with Crippen molar-refractivity contribution >= 4 is 27.3 Å². The third kappa shape index (κ3) is 2.08. The summed E-state index contributed by atoms with van der Waals surface area (Å²) in [4.78, 5) is 0. The summed E-state index contributed by atoms with van der Waals surface area (Å²) in [5, 5.41) is 7.75. The van der Waals surface area contributed by atoms with Crippen LogP contribution in [0.2, 0.25) is 0 Å². The number of hydrogen-bond acceptors (Lipinski definition) is 4. The Labute approximate surface area is 91.7 Å². The van der Waals surface area contributed by atoms with Crippen LogP contribution in [0.25, 0.3) is 0 Å². The van der Waals surface area contributed by atoms with Crippen LogP contribution in [0.15, 0.2) is 28.2 Å². The lowest BCUT2D eigenvalue weighted by molar-refractivity contribution is 0.470. The lowest BCUT2D eigenvalue weighted by Crippen LogP contribution is -1.85. The first-order valence-corrected chi connectivity index (χ1v) is 5.32. The molecule has 0 amide bonds. The van der Waals surface area contributed by atoms with Gasteiger partial charge in [-0.15, -0.1) is 5.10 Å². The van der Waals surface area contributed by atoms with Gasteiger partial charge in [0.15, 0.2) is 0 Å². The molecule has 0 aliphatic carbocycles. The summed E-state index contributed by atoms with van der Waals surface area (Å²) < 4.78 is 18.5. The monoisotopic (exact) mass is 274 g/mol. The Balaban J connectivity index is 2.22. The van der Waals surface area contributed by atoms with Crippen molar-refractivity contribution in [3.8, 4) is 10.9 Å². The van der Waals surface area contributed by atoms with Crippen molar-refractivity contribution < 1.29 is 9.13 Å². The molecule has 0 radical (unpaired) electrons. The maximum absolute atomic E-state index is 12.8. The second kappa shape index (κ2) is 4.02. The first-order chi connectivity index (χ1) is 6.75. The molecule has 0 spiro atoms. The van der Waals surface area contributed by atoms with Gasteiger partial charge in [-0.1, -0.05) is 16.4 Å². The number of rotatable bonds is 2. The molecule has 1 aromatic carbocycles. The summed E-state index contributed by atoms with van der Waals surface area (Å²) in [5.74, 6) is 0.199. The van der Waals surface area contributed by atoms with Gasteiger partial charge in [-0.2, -0.15) is 0 Å². The lowest BCUT2D eigenvalue weighted by atomic mass is 10.3. The van der Waals surface area contributed by atoms with Crippen LogP contribution in [0.1, 0.15) is 0 Å². The molecule has 0 saturated heterocycles. The molecule has 0 saturated carbocycles. The third-order valence-electron chi connectivity index (χ3n) is 1.44. The molecule has 0 aliphatic heterocycles. The van der Waals surface area contributed by atoms with Gasteiger partial charge < -0.3 is 4.74 Å². The minimum atomic E-state index is -0.324. The average Bonchev–Trinajstić information content (AvgIpc) is 2.64. The number of aromatic nitrogens is 2. The fourth-order valence-electron chi connectivity index (χ4n) is 0.849. The van der Waals surface area contributed by atoms with Crippen LogP contribution in [0.5, 0.6) is 10.9 Å². The fraction of sp³-hybridized carbons (Fsp3) is 0. The van der Waals surface area contributed by atoms with Crippen molar-refractivity contribution in [1.82, 2.24) is 10.2 Å². The minimum absolute atomic E-state index is 0.324. The molecule has 2 aromatic rings. The van der Waals surface area contributed by atoms with E-state index in [1.807, 2.05) is 0 Å². The molecule has 14 heavy (non-hydrogen) atoms. The molecule has 6 heteroatoms. The second-order valence-corrected chi connectivity index (χ2v) is 4.03. The number of ether oxygens (including phenoxy) is 1. The predicted octanol–water partition coefficient (Wildman–Crippen LogP) is 3.23. The van der Waals surface area contributed by atoms with Gasteiger partial charge in [0, 0.05) is 0 Å². The molecule has 0 N–H and O–H groups in total. The van der Waals surface area contributed by atoms with Crippen molar-refractivity contribution in [3.05, 3.63) is 34.0 Å². The van der Waals surface area contributed by atoms with E-state index in [-0.39, 0.29) is 5.82 Å². The van der Waals surface area contributed by atoms with Crippen LogP contribution < -0.4 is 4.74 Å². The first kappa shape index (κ1) is 9.54. The number of halogens is 2. The molecular weight excluding hydrogens is 271 g/mol. The van der Waals surface area contributed by atoms with Gasteiger partial charge in [0.25, 0.3) is 5.19 Å². The Hall–Kier alpha value is -1.01. The van der Waals surface area contributed by atoms with E-state index in [0.717, 1.165) is 0 Å². The van der Waals surface area contributed by atoms with E-state index in [2.05, 4.69) is 26.1 Å². The van der Waals surface area contributed by atoms with Crippen LogP contribution in [0.3, 0.4) is 0 Å². The Morgan fingerprint density at radius 3 is 2.93 bits per heavy atom. The van der Waals surface area contributed by atoms with Gasteiger partial charge in [0.05, 0.1) is 4.47 Å². The minimum Gasteiger partial charge on any atom is -0.430 e. The highest BCUT2D eigenvalue weighted by Gasteiger charge is 2.03. The summed E-state index contributed by atoms with van der Waals surface area (Å²) in [6, 6.07) is 4.39. The van der Waals surface area contributed by atoms with Gasteiger partial charge in [-0.25, -0.2) is 4.39 Å². The first-order valence-electron chi connectivity index (χ1n) is 3.65. The second-order valence-electron chi connectivity index (χ2n) is 2.38. The largest absolute Gasteiger partial charge is 0.430 e. The SMILES string of the molecule is Fc1ccc(Oc2nncs2)cc1Br. The number of nitrogens with zero attached hydrogens (tertiary/aromatic N) is 2. The Morgan fingerprint density at radius 1 is 1.43 bits per heavy atom. The zero-order valence-corrected chi connectivity index (χ0v) is 9.18. The molecule has 1 heterocycles. The Morgan fingerprint density at radius 2 is 2.29 bits per heavy atom.